The van der Waals surface area contributed by atoms with Gasteiger partial charge >= 0.3 is 0 Å². The second-order valence-electron chi connectivity index (χ2n) is 8.36. The van der Waals surface area contributed by atoms with Gasteiger partial charge in [-0.1, -0.05) is 48.7 Å². The molecule has 2 aromatic carbocycles. The van der Waals surface area contributed by atoms with Crippen molar-refractivity contribution < 1.29 is 9.90 Å². The van der Waals surface area contributed by atoms with E-state index in [-0.39, 0.29) is 11.9 Å². The molecule has 1 amide bonds. The summed E-state index contributed by atoms with van der Waals surface area (Å²) in [5, 5.41) is 21.6. The third kappa shape index (κ3) is 4.39. The van der Waals surface area contributed by atoms with Crippen molar-refractivity contribution in [2.45, 2.75) is 50.8 Å². The molecular formula is C25H28ClN3O2. The zero-order valence-corrected chi connectivity index (χ0v) is 18.5. The number of amides is 1. The summed E-state index contributed by atoms with van der Waals surface area (Å²) >= 11 is 6.59. The maximum atomic E-state index is 13.1. The number of hydrogen-bond donors (Lipinski definition) is 3. The van der Waals surface area contributed by atoms with Crippen LogP contribution in [0.25, 0.3) is 5.57 Å². The van der Waals surface area contributed by atoms with Gasteiger partial charge in [-0.3, -0.25) is 4.79 Å². The van der Waals surface area contributed by atoms with Gasteiger partial charge in [0.05, 0.1) is 12.1 Å². The van der Waals surface area contributed by atoms with Crippen LogP contribution in [0.3, 0.4) is 0 Å². The fourth-order valence-electron chi connectivity index (χ4n) is 4.66. The minimum atomic E-state index is -0.441. The molecule has 4 rings (SSSR count). The van der Waals surface area contributed by atoms with Crippen LogP contribution in [0.15, 0.2) is 42.6 Å². The SMILES string of the molecule is CN/C=C(\C=N)c1ccc(Cc2cc3c(cc2Cl)CN([C@H]2CCCC[C@@H]2O)C3=O)cc1. The van der Waals surface area contributed by atoms with Gasteiger partial charge in [-0.15, -0.1) is 0 Å². The summed E-state index contributed by atoms with van der Waals surface area (Å²) in [6, 6.07) is 11.8. The third-order valence-electron chi connectivity index (χ3n) is 6.34. The van der Waals surface area contributed by atoms with E-state index in [1.165, 1.54) is 6.21 Å². The highest BCUT2D eigenvalue weighted by atomic mass is 35.5. The largest absolute Gasteiger partial charge is 0.393 e. The zero-order valence-electron chi connectivity index (χ0n) is 17.7. The van der Waals surface area contributed by atoms with Gasteiger partial charge in [0.25, 0.3) is 5.91 Å². The molecule has 31 heavy (non-hydrogen) atoms. The highest BCUT2D eigenvalue weighted by molar-refractivity contribution is 6.31. The summed E-state index contributed by atoms with van der Waals surface area (Å²) in [5.74, 6) is 0.00189. The number of aliphatic hydroxyl groups is 1. The van der Waals surface area contributed by atoms with Gasteiger partial charge in [0.2, 0.25) is 0 Å². The first-order chi connectivity index (χ1) is 15.0. The van der Waals surface area contributed by atoms with Crippen molar-refractivity contribution in [3.8, 4) is 0 Å². The van der Waals surface area contributed by atoms with Crippen LogP contribution >= 0.6 is 11.6 Å². The molecule has 0 unspecified atom stereocenters. The zero-order chi connectivity index (χ0) is 22.0. The Morgan fingerprint density at radius 1 is 1.26 bits per heavy atom. The lowest BCUT2D eigenvalue weighted by atomic mass is 9.91. The summed E-state index contributed by atoms with van der Waals surface area (Å²) in [7, 11) is 1.81. The van der Waals surface area contributed by atoms with Crippen LogP contribution in [0.4, 0.5) is 0 Å². The summed E-state index contributed by atoms with van der Waals surface area (Å²) < 4.78 is 0. The molecule has 2 atom stereocenters. The van der Waals surface area contributed by atoms with E-state index >= 15 is 0 Å². The lowest BCUT2D eigenvalue weighted by Gasteiger charge is -2.35. The maximum absolute atomic E-state index is 13.1. The molecule has 0 spiro atoms. The second-order valence-corrected chi connectivity index (χ2v) is 8.77. The van der Waals surface area contributed by atoms with Crippen LogP contribution in [0.1, 0.15) is 58.3 Å². The average molecular weight is 438 g/mol. The molecule has 162 valence electrons. The molecular weight excluding hydrogens is 410 g/mol. The standard InChI is InChI=1S/C25H28ClN3O2/c1-28-14-20(13-27)17-8-6-16(7-9-17)10-18-11-21-19(12-22(18)26)15-29(25(21)31)23-4-2-3-5-24(23)30/h6-9,11-14,23-24,27-28,30H,2-5,10,15H2,1H3/b20-14+,27-13?/t23-,24-/m0/s1. The van der Waals surface area contributed by atoms with Gasteiger partial charge in [0, 0.05) is 42.2 Å². The smallest absolute Gasteiger partial charge is 0.254 e. The number of carbonyl (C=O) groups excluding carboxylic acids is 1. The molecule has 1 saturated carbocycles. The van der Waals surface area contributed by atoms with E-state index in [1.807, 2.05) is 48.3 Å². The van der Waals surface area contributed by atoms with Gasteiger partial charge in [-0.05, 0) is 53.6 Å². The number of benzene rings is 2. The van der Waals surface area contributed by atoms with Crippen molar-refractivity contribution in [1.82, 2.24) is 10.2 Å². The van der Waals surface area contributed by atoms with E-state index in [4.69, 9.17) is 17.0 Å². The molecule has 2 aromatic rings. The van der Waals surface area contributed by atoms with Crippen molar-refractivity contribution in [3.63, 3.8) is 0 Å². The van der Waals surface area contributed by atoms with Gasteiger partial charge in [-0.25, -0.2) is 0 Å². The van der Waals surface area contributed by atoms with E-state index in [9.17, 15) is 9.90 Å². The predicted octanol–water partition coefficient (Wildman–Crippen LogP) is 4.40. The van der Waals surface area contributed by atoms with Gasteiger partial charge < -0.3 is 20.7 Å². The van der Waals surface area contributed by atoms with Crippen molar-refractivity contribution in [2.24, 2.45) is 0 Å². The van der Waals surface area contributed by atoms with Crippen molar-refractivity contribution in [1.29, 1.82) is 5.41 Å². The van der Waals surface area contributed by atoms with Gasteiger partial charge in [0.1, 0.15) is 0 Å². The number of fused-ring (bicyclic) bond motifs is 1. The van der Waals surface area contributed by atoms with Crippen molar-refractivity contribution in [2.75, 3.05) is 7.05 Å². The molecule has 1 aliphatic carbocycles. The quantitative estimate of drug-likeness (QED) is 0.586. The number of rotatable bonds is 6. The summed E-state index contributed by atoms with van der Waals surface area (Å²) in [5.41, 5.74) is 5.43. The van der Waals surface area contributed by atoms with Crippen molar-refractivity contribution >= 4 is 29.3 Å². The van der Waals surface area contributed by atoms with Crippen LogP contribution in [0.5, 0.6) is 0 Å². The molecule has 1 aliphatic heterocycles. The lowest BCUT2D eigenvalue weighted by Crippen LogP contribution is -2.45. The molecule has 0 radical (unpaired) electrons. The number of aliphatic hydroxyl groups excluding tert-OH is 1. The number of halogens is 1. The number of nitrogens with zero attached hydrogens (tertiary/aromatic N) is 1. The molecule has 0 bridgehead atoms. The summed E-state index contributed by atoms with van der Waals surface area (Å²) in [6.07, 6.45) is 6.98. The molecule has 0 aromatic heterocycles. The normalized spacial score (nSPS) is 21.2. The minimum Gasteiger partial charge on any atom is -0.393 e. The number of carbonyl (C=O) groups is 1. The number of allylic oxidation sites excluding steroid dienone is 1. The third-order valence-corrected chi connectivity index (χ3v) is 6.69. The van der Waals surface area contributed by atoms with Crippen LogP contribution in [0, 0.1) is 5.41 Å². The first-order valence-corrected chi connectivity index (χ1v) is 11.2. The van der Waals surface area contributed by atoms with Crippen LogP contribution in [0.2, 0.25) is 5.02 Å². The molecule has 1 fully saturated rings. The van der Waals surface area contributed by atoms with E-state index in [0.717, 1.165) is 53.5 Å². The molecule has 3 N–H and O–H groups in total. The Balaban J connectivity index is 1.54. The Morgan fingerprint density at radius 2 is 2.00 bits per heavy atom. The van der Waals surface area contributed by atoms with E-state index in [2.05, 4.69) is 5.32 Å². The van der Waals surface area contributed by atoms with Crippen LogP contribution < -0.4 is 5.32 Å². The molecule has 2 aliphatic rings. The minimum absolute atomic E-state index is 0.00189. The Morgan fingerprint density at radius 3 is 2.68 bits per heavy atom. The average Bonchev–Trinajstić information content (AvgIpc) is 3.08. The highest BCUT2D eigenvalue weighted by Gasteiger charge is 2.37. The molecule has 0 saturated heterocycles. The Labute approximate surface area is 188 Å². The second kappa shape index (κ2) is 9.25. The van der Waals surface area contributed by atoms with E-state index in [0.29, 0.717) is 23.6 Å². The van der Waals surface area contributed by atoms with Crippen LogP contribution in [-0.2, 0) is 13.0 Å². The van der Waals surface area contributed by atoms with E-state index < -0.39 is 6.10 Å². The predicted molar refractivity (Wildman–Crippen MR) is 125 cm³/mol. The first kappa shape index (κ1) is 21.6. The van der Waals surface area contributed by atoms with E-state index in [1.54, 1.807) is 6.20 Å². The maximum Gasteiger partial charge on any atom is 0.254 e. The fraction of sp³-hybridized carbons (Fsp3) is 0.360. The molecule has 5 nitrogen and oxygen atoms in total. The monoisotopic (exact) mass is 437 g/mol. The number of hydrogen-bond acceptors (Lipinski definition) is 4. The number of nitrogens with one attached hydrogen (secondary N) is 2. The Hall–Kier alpha value is -2.63. The summed E-state index contributed by atoms with van der Waals surface area (Å²) in [4.78, 5) is 14.9. The topological polar surface area (TPSA) is 76.4 Å². The molecule has 6 heteroatoms. The fourth-order valence-corrected chi connectivity index (χ4v) is 4.91. The Bertz CT molecular complexity index is 1020. The first-order valence-electron chi connectivity index (χ1n) is 10.8. The lowest BCUT2D eigenvalue weighted by molar-refractivity contribution is 0.0191. The van der Waals surface area contributed by atoms with Gasteiger partial charge in [0.15, 0.2) is 0 Å². The highest BCUT2D eigenvalue weighted by Crippen LogP contribution is 2.34. The van der Waals surface area contributed by atoms with Crippen LogP contribution in [-0.4, -0.2) is 41.3 Å². The molecule has 1 heterocycles. The Kier molecular flexibility index (Phi) is 6.44. The van der Waals surface area contributed by atoms with Gasteiger partial charge in [-0.2, -0.15) is 0 Å². The summed E-state index contributed by atoms with van der Waals surface area (Å²) in [6.45, 7) is 0.523. The van der Waals surface area contributed by atoms with Crippen molar-refractivity contribution in [3.05, 3.63) is 75.4 Å².